The van der Waals surface area contributed by atoms with Crippen LogP contribution in [0.5, 0.6) is 0 Å². The maximum absolute atomic E-state index is 10.7. The number of aliphatic hydroxyl groups is 1. The van der Waals surface area contributed by atoms with Crippen molar-refractivity contribution < 1.29 is 9.84 Å². The minimum Gasteiger partial charge on any atom is -0.388 e. The molecule has 0 aliphatic carbocycles. The van der Waals surface area contributed by atoms with Crippen LogP contribution in [-0.4, -0.2) is 40.4 Å². The molecule has 2 N–H and O–H groups in total. The van der Waals surface area contributed by atoms with E-state index in [1.165, 1.54) is 5.56 Å². The molecule has 1 fully saturated rings. The smallest absolute Gasteiger partial charge is 0.138 e. The van der Waals surface area contributed by atoms with Crippen molar-refractivity contribution in [3.8, 4) is 0 Å². The van der Waals surface area contributed by atoms with Gasteiger partial charge in [0.1, 0.15) is 16.5 Å². The minimum absolute atomic E-state index is 0.499. The predicted molar refractivity (Wildman–Crippen MR) is 94.2 cm³/mol. The van der Waals surface area contributed by atoms with E-state index in [9.17, 15) is 5.11 Å². The molecule has 0 bridgehead atoms. The monoisotopic (exact) mass is 335 g/mol. The standard InChI is InChI=1S/C17H25N3O2S/c1-11(2)8-13-9-23-16-14(13)15(19-12(3)20-16)18-10-17(21)4-6-22-7-5-17/h9,11,21H,4-8,10H2,1-3H3,(H,18,19,20). The number of thiophene rings is 1. The van der Waals surface area contributed by atoms with E-state index >= 15 is 0 Å². The number of anilines is 1. The van der Waals surface area contributed by atoms with E-state index in [0.717, 1.165) is 28.3 Å². The quantitative estimate of drug-likeness (QED) is 0.878. The Morgan fingerprint density at radius 1 is 1.35 bits per heavy atom. The molecule has 0 atom stereocenters. The normalized spacial score (nSPS) is 17.8. The molecule has 6 heteroatoms. The highest BCUT2D eigenvalue weighted by atomic mass is 32.1. The number of ether oxygens (including phenoxy) is 1. The summed E-state index contributed by atoms with van der Waals surface area (Å²) in [4.78, 5) is 10.2. The molecule has 1 aliphatic heterocycles. The van der Waals surface area contributed by atoms with Gasteiger partial charge < -0.3 is 15.2 Å². The number of rotatable bonds is 5. The van der Waals surface area contributed by atoms with Crippen molar-refractivity contribution in [1.82, 2.24) is 9.97 Å². The van der Waals surface area contributed by atoms with Crippen molar-refractivity contribution in [3.63, 3.8) is 0 Å². The Labute approximate surface area is 141 Å². The highest BCUT2D eigenvalue weighted by Gasteiger charge is 2.30. The van der Waals surface area contributed by atoms with Crippen molar-refractivity contribution in [2.24, 2.45) is 5.92 Å². The molecule has 1 aliphatic rings. The summed E-state index contributed by atoms with van der Waals surface area (Å²) < 4.78 is 5.35. The number of aromatic nitrogens is 2. The molecule has 0 radical (unpaired) electrons. The fourth-order valence-corrected chi connectivity index (χ4v) is 4.00. The van der Waals surface area contributed by atoms with Crippen molar-refractivity contribution in [3.05, 3.63) is 16.8 Å². The number of hydrogen-bond donors (Lipinski definition) is 2. The van der Waals surface area contributed by atoms with Gasteiger partial charge in [-0.2, -0.15) is 0 Å². The lowest BCUT2D eigenvalue weighted by atomic mass is 9.94. The molecule has 3 heterocycles. The van der Waals surface area contributed by atoms with E-state index in [0.29, 0.717) is 38.5 Å². The molecule has 0 amide bonds. The van der Waals surface area contributed by atoms with Gasteiger partial charge in [-0.25, -0.2) is 9.97 Å². The highest BCUT2D eigenvalue weighted by Crippen LogP contribution is 2.32. The van der Waals surface area contributed by atoms with Crippen molar-refractivity contribution >= 4 is 27.4 Å². The molecule has 2 aromatic heterocycles. The summed E-state index contributed by atoms with van der Waals surface area (Å²) in [5.41, 5.74) is 0.582. The van der Waals surface area contributed by atoms with Crippen LogP contribution in [-0.2, 0) is 11.2 Å². The Kier molecular flexibility index (Phi) is 4.85. The zero-order valence-corrected chi connectivity index (χ0v) is 14.9. The first-order valence-corrected chi connectivity index (χ1v) is 9.13. The summed E-state index contributed by atoms with van der Waals surface area (Å²) in [6.07, 6.45) is 2.34. The van der Waals surface area contributed by atoms with Crippen LogP contribution in [0, 0.1) is 12.8 Å². The summed E-state index contributed by atoms with van der Waals surface area (Å²) in [5.74, 6) is 2.20. The third-order valence-corrected chi connectivity index (χ3v) is 5.18. The van der Waals surface area contributed by atoms with E-state index in [4.69, 9.17) is 4.74 Å². The largest absolute Gasteiger partial charge is 0.388 e. The first-order valence-electron chi connectivity index (χ1n) is 8.25. The number of fused-ring (bicyclic) bond motifs is 1. The van der Waals surface area contributed by atoms with Gasteiger partial charge in [-0.1, -0.05) is 13.8 Å². The number of hydrogen-bond acceptors (Lipinski definition) is 6. The van der Waals surface area contributed by atoms with Crippen LogP contribution in [0.3, 0.4) is 0 Å². The van der Waals surface area contributed by atoms with Crippen LogP contribution < -0.4 is 5.32 Å². The van der Waals surface area contributed by atoms with Crippen LogP contribution in [0.2, 0.25) is 0 Å². The number of nitrogens with zero attached hydrogens (tertiary/aromatic N) is 2. The molecule has 5 nitrogen and oxygen atoms in total. The molecule has 0 unspecified atom stereocenters. The highest BCUT2D eigenvalue weighted by molar-refractivity contribution is 7.17. The van der Waals surface area contributed by atoms with Gasteiger partial charge in [0.25, 0.3) is 0 Å². The van der Waals surface area contributed by atoms with Crippen LogP contribution in [0.15, 0.2) is 5.38 Å². The second-order valence-corrected chi connectivity index (χ2v) is 7.71. The van der Waals surface area contributed by atoms with E-state index in [1.807, 2.05) is 6.92 Å². The summed E-state index contributed by atoms with van der Waals surface area (Å²) in [7, 11) is 0. The third-order valence-electron chi connectivity index (χ3n) is 4.26. The van der Waals surface area contributed by atoms with Gasteiger partial charge >= 0.3 is 0 Å². The third kappa shape index (κ3) is 3.82. The first-order chi connectivity index (χ1) is 11.0. The average Bonchev–Trinajstić information content (AvgIpc) is 2.88. The molecule has 126 valence electrons. The van der Waals surface area contributed by atoms with Gasteiger partial charge in [-0.05, 0) is 30.2 Å². The van der Waals surface area contributed by atoms with Crippen molar-refractivity contribution in [2.45, 2.75) is 45.6 Å². The van der Waals surface area contributed by atoms with E-state index < -0.39 is 5.60 Å². The Balaban J connectivity index is 1.87. The fraction of sp³-hybridized carbons (Fsp3) is 0.647. The molecule has 0 spiro atoms. The maximum atomic E-state index is 10.7. The predicted octanol–water partition coefficient (Wildman–Crippen LogP) is 3.15. The zero-order valence-electron chi connectivity index (χ0n) is 14.1. The molecule has 0 saturated carbocycles. The fourth-order valence-electron chi connectivity index (χ4n) is 3.00. The molecular weight excluding hydrogens is 310 g/mol. The zero-order chi connectivity index (χ0) is 16.4. The van der Waals surface area contributed by atoms with E-state index in [1.54, 1.807) is 11.3 Å². The van der Waals surface area contributed by atoms with Gasteiger partial charge in [0.2, 0.25) is 0 Å². The van der Waals surface area contributed by atoms with Crippen molar-refractivity contribution in [1.29, 1.82) is 0 Å². The van der Waals surface area contributed by atoms with Crippen LogP contribution in [0.25, 0.3) is 10.2 Å². The van der Waals surface area contributed by atoms with Crippen LogP contribution in [0.1, 0.15) is 38.1 Å². The first kappa shape index (κ1) is 16.6. The van der Waals surface area contributed by atoms with Gasteiger partial charge in [-0.3, -0.25) is 0 Å². The van der Waals surface area contributed by atoms with Gasteiger partial charge in [0.05, 0.1) is 11.0 Å². The maximum Gasteiger partial charge on any atom is 0.138 e. The van der Waals surface area contributed by atoms with Gasteiger partial charge in [0.15, 0.2) is 0 Å². The van der Waals surface area contributed by atoms with Crippen LogP contribution >= 0.6 is 11.3 Å². The molecule has 3 rings (SSSR count). The SMILES string of the molecule is Cc1nc(NCC2(O)CCOCC2)c2c(CC(C)C)csc2n1. The topological polar surface area (TPSA) is 67.3 Å². The number of aryl methyl sites for hydroxylation is 1. The lowest BCUT2D eigenvalue weighted by molar-refractivity contribution is -0.0543. The lowest BCUT2D eigenvalue weighted by Crippen LogP contribution is -2.42. The average molecular weight is 335 g/mol. The van der Waals surface area contributed by atoms with Gasteiger partial charge in [-0.15, -0.1) is 11.3 Å². The van der Waals surface area contributed by atoms with E-state index in [-0.39, 0.29) is 0 Å². The molecule has 2 aromatic rings. The number of nitrogens with one attached hydrogen (secondary N) is 1. The van der Waals surface area contributed by atoms with Gasteiger partial charge in [0, 0.05) is 32.6 Å². The summed E-state index contributed by atoms with van der Waals surface area (Å²) in [5, 5.41) is 17.3. The lowest BCUT2D eigenvalue weighted by Gasteiger charge is -2.32. The van der Waals surface area contributed by atoms with E-state index in [2.05, 4.69) is 34.5 Å². The summed E-state index contributed by atoms with van der Waals surface area (Å²) >= 11 is 1.67. The molecule has 0 aromatic carbocycles. The van der Waals surface area contributed by atoms with Crippen LogP contribution in [0.4, 0.5) is 5.82 Å². The second kappa shape index (κ2) is 6.71. The Morgan fingerprint density at radius 2 is 2.09 bits per heavy atom. The molecule has 23 heavy (non-hydrogen) atoms. The Bertz CT molecular complexity index is 678. The van der Waals surface area contributed by atoms with Crippen molar-refractivity contribution in [2.75, 3.05) is 25.1 Å². The molecular formula is C17H25N3O2S. The Hall–Kier alpha value is -1.24. The minimum atomic E-state index is -0.711. The molecule has 1 saturated heterocycles. The summed E-state index contributed by atoms with van der Waals surface area (Å²) in [6.45, 7) is 8.09. The second-order valence-electron chi connectivity index (χ2n) is 6.85. The Morgan fingerprint density at radius 3 is 2.78 bits per heavy atom. The summed E-state index contributed by atoms with van der Waals surface area (Å²) in [6, 6.07) is 0.